The fourth-order valence-corrected chi connectivity index (χ4v) is 1.89. The standard InChI is InChI=1S/C16H23FN4O3/c1-16(2,15(19)24)21-14(23)12(4-3-9-18)20-13(22)10-5-7-11(17)8-6-10/h5-8,12H,3-4,9,18H2,1-2H3,(H2,19,24)(H,20,22)(H,21,23)/t12-/m1/s1. The lowest BCUT2D eigenvalue weighted by molar-refractivity contribution is -0.131. The highest BCUT2D eigenvalue weighted by Crippen LogP contribution is 2.07. The summed E-state index contributed by atoms with van der Waals surface area (Å²) in [5.74, 6) is -2.22. The van der Waals surface area contributed by atoms with E-state index in [4.69, 9.17) is 11.5 Å². The van der Waals surface area contributed by atoms with Gasteiger partial charge in [0, 0.05) is 5.56 Å². The SMILES string of the molecule is CC(C)(NC(=O)[C@@H](CCCN)NC(=O)c1ccc(F)cc1)C(N)=O. The highest BCUT2D eigenvalue weighted by Gasteiger charge is 2.30. The Kier molecular flexibility index (Phi) is 6.84. The molecule has 0 fully saturated rings. The zero-order chi connectivity index (χ0) is 18.3. The van der Waals surface area contributed by atoms with Crippen molar-refractivity contribution < 1.29 is 18.8 Å². The van der Waals surface area contributed by atoms with Crippen LogP contribution in [0, 0.1) is 5.82 Å². The molecule has 0 aliphatic rings. The predicted octanol–water partition coefficient (Wildman–Crippen LogP) is 0.0431. The van der Waals surface area contributed by atoms with Crippen LogP contribution in [0.5, 0.6) is 0 Å². The number of hydrogen-bond donors (Lipinski definition) is 4. The molecule has 0 bridgehead atoms. The second-order valence-electron chi connectivity index (χ2n) is 5.94. The Bertz CT molecular complexity index is 602. The maximum absolute atomic E-state index is 12.9. The largest absolute Gasteiger partial charge is 0.368 e. The normalized spacial score (nSPS) is 12.3. The number of nitrogens with one attached hydrogen (secondary N) is 2. The van der Waals surface area contributed by atoms with Gasteiger partial charge < -0.3 is 22.1 Å². The predicted molar refractivity (Wildman–Crippen MR) is 87.4 cm³/mol. The molecule has 0 aliphatic heterocycles. The van der Waals surface area contributed by atoms with E-state index in [2.05, 4.69) is 10.6 Å². The van der Waals surface area contributed by atoms with E-state index in [1.165, 1.54) is 26.0 Å². The molecule has 0 radical (unpaired) electrons. The summed E-state index contributed by atoms with van der Waals surface area (Å²) in [6.07, 6.45) is 0.795. The Hall–Kier alpha value is -2.48. The van der Waals surface area contributed by atoms with Crippen molar-refractivity contribution in [2.45, 2.75) is 38.3 Å². The first-order valence-corrected chi connectivity index (χ1v) is 7.56. The molecule has 8 heteroatoms. The zero-order valence-corrected chi connectivity index (χ0v) is 13.8. The van der Waals surface area contributed by atoms with Crippen LogP contribution in [0.25, 0.3) is 0 Å². The summed E-state index contributed by atoms with van der Waals surface area (Å²) in [7, 11) is 0. The molecule has 0 heterocycles. The van der Waals surface area contributed by atoms with Crippen molar-refractivity contribution in [2.24, 2.45) is 11.5 Å². The minimum atomic E-state index is -1.25. The molecular weight excluding hydrogens is 315 g/mol. The van der Waals surface area contributed by atoms with Gasteiger partial charge in [-0.3, -0.25) is 14.4 Å². The van der Waals surface area contributed by atoms with Gasteiger partial charge in [0.15, 0.2) is 0 Å². The Labute approximate surface area is 140 Å². The lowest BCUT2D eigenvalue weighted by Crippen LogP contribution is -2.58. The molecule has 0 saturated heterocycles. The van der Waals surface area contributed by atoms with Crippen LogP contribution in [0.15, 0.2) is 24.3 Å². The quantitative estimate of drug-likeness (QED) is 0.534. The maximum Gasteiger partial charge on any atom is 0.251 e. The smallest absolute Gasteiger partial charge is 0.251 e. The second-order valence-corrected chi connectivity index (χ2v) is 5.94. The van der Waals surface area contributed by atoms with E-state index < -0.39 is 35.1 Å². The molecule has 132 valence electrons. The summed E-state index contributed by atoms with van der Waals surface area (Å²) in [6, 6.07) is 4.05. The first-order chi connectivity index (χ1) is 11.2. The van der Waals surface area contributed by atoms with Crippen molar-refractivity contribution >= 4 is 17.7 Å². The van der Waals surface area contributed by atoms with Crippen LogP contribution in [-0.2, 0) is 9.59 Å². The number of primary amides is 1. The summed E-state index contributed by atoms with van der Waals surface area (Å²) in [5.41, 5.74) is 9.65. The Morgan fingerprint density at radius 2 is 1.79 bits per heavy atom. The van der Waals surface area contributed by atoms with Gasteiger partial charge in [-0.05, 0) is 57.5 Å². The molecule has 7 nitrogen and oxygen atoms in total. The monoisotopic (exact) mass is 338 g/mol. The number of benzene rings is 1. The molecule has 1 aromatic carbocycles. The molecule has 24 heavy (non-hydrogen) atoms. The van der Waals surface area contributed by atoms with Gasteiger partial charge in [0.2, 0.25) is 11.8 Å². The molecule has 1 atom stereocenters. The first-order valence-electron chi connectivity index (χ1n) is 7.56. The third kappa shape index (κ3) is 5.62. The zero-order valence-electron chi connectivity index (χ0n) is 13.8. The minimum absolute atomic E-state index is 0.219. The average molecular weight is 338 g/mol. The van der Waals surface area contributed by atoms with Crippen LogP contribution in [0.2, 0.25) is 0 Å². The summed E-state index contributed by atoms with van der Waals surface area (Å²) < 4.78 is 12.9. The third-order valence-corrected chi connectivity index (χ3v) is 3.48. The van der Waals surface area contributed by atoms with E-state index >= 15 is 0 Å². The molecule has 6 N–H and O–H groups in total. The molecule has 0 spiro atoms. The van der Waals surface area contributed by atoms with Crippen molar-refractivity contribution in [3.63, 3.8) is 0 Å². The Morgan fingerprint density at radius 3 is 2.29 bits per heavy atom. The van der Waals surface area contributed by atoms with Crippen LogP contribution in [-0.4, -0.2) is 35.8 Å². The van der Waals surface area contributed by atoms with Gasteiger partial charge in [0.05, 0.1) is 0 Å². The summed E-state index contributed by atoms with van der Waals surface area (Å²) in [5, 5.41) is 5.07. The van der Waals surface area contributed by atoms with E-state index in [1.54, 1.807) is 0 Å². The fraction of sp³-hybridized carbons (Fsp3) is 0.438. The second kappa shape index (κ2) is 8.39. The van der Waals surface area contributed by atoms with E-state index in [-0.39, 0.29) is 5.56 Å². The van der Waals surface area contributed by atoms with Crippen LogP contribution in [0.3, 0.4) is 0 Å². The van der Waals surface area contributed by atoms with E-state index in [0.717, 1.165) is 12.1 Å². The lowest BCUT2D eigenvalue weighted by atomic mass is 10.0. The van der Waals surface area contributed by atoms with Crippen LogP contribution in [0.4, 0.5) is 4.39 Å². The fourth-order valence-electron chi connectivity index (χ4n) is 1.89. The molecule has 0 aromatic heterocycles. The first kappa shape index (κ1) is 19.6. The summed E-state index contributed by atoms with van der Waals surface area (Å²) in [6.45, 7) is 3.28. The topological polar surface area (TPSA) is 127 Å². The number of halogens is 1. The minimum Gasteiger partial charge on any atom is -0.368 e. The number of carbonyl (C=O) groups excluding carboxylic acids is 3. The van der Waals surface area contributed by atoms with Crippen LogP contribution < -0.4 is 22.1 Å². The van der Waals surface area contributed by atoms with Gasteiger partial charge in [-0.15, -0.1) is 0 Å². The van der Waals surface area contributed by atoms with E-state index in [1.807, 2.05) is 0 Å². The van der Waals surface area contributed by atoms with Gasteiger partial charge in [-0.25, -0.2) is 4.39 Å². The van der Waals surface area contributed by atoms with Gasteiger partial charge in [-0.1, -0.05) is 0 Å². The van der Waals surface area contributed by atoms with Crippen molar-refractivity contribution in [1.29, 1.82) is 0 Å². The van der Waals surface area contributed by atoms with Crippen molar-refractivity contribution in [3.05, 3.63) is 35.6 Å². The van der Waals surface area contributed by atoms with Crippen molar-refractivity contribution in [1.82, 2.24) is 10.6 Å². The Balaban J connectivity index is 2.84. The lowest BCUT2D eigenvalue weighted by Gasteiger charge is -2.26. The third-order valence-electron chi connectivity index (χ3n) is 3.48. The highest BCUT2D eigenvalue weighted by atomic mass is 19.1. The van der Waals surface area contributed by atoms with Gasteiger partial charge in [0.25, 0.3) is 5.91 Å². The number of carbonyl (C=O) groups is 3. The molecule has 0 aliphatic carbocycles. The van der Waals surface area contributed by atoms with E-state index in [0.29, 0.717) is 19.4 Å². The van der Waals surface area contributed by atoms with Crippen LogP contribution in [0.1, 0.15) is 37.0 Å². The highest BCUT2D eigenvalue weighted by molar-refractivity contribution is 5.98. The molecule has 3 amide bonds. The number of amides is 3. The molecule has 0 saturated carbocycles. The van der Waals surface area contributed by atoms with E-state index in [9.17, 15) is 18.8 Å². The summed E-state index contributed by atoms with van der Waals surface area (Å²) >= 11 is 0. The average Bonchev–Trinajstić information content (AvgIpc) is 2.51. The number of hydrogen-bond acceptors (Lipinski definition) is 4. The molecule has 1 aromatic rings. The maximum atomic E-state index is 12.9. The number of nitrogens with two attached hydrogens (primary N) is 2. The molecular formula is C16H23FN4O3. The van der Waals surface area contributed by atoms with Crippen molar-refractivity contribution in [2.75, 3.05) is 6.54 Å². The number of rotatable bonds is 8. The van der Waals surface area contributed by atoms with Gasteiger partial charge in [-0.2, -0.15) is 0 Å². The van der Waals surface area contributed by atoms with Gasteiger partial charge >= 0.3 is 0 Å². The molecule has 0 unspecified atom stereocenters. The molecule has 1 rings (SSSR count). The summed E-state index contributed by atoms with van der Waals surface area (Å²) in [4.78, 5) is 35.9. The van der Waals surface area contributed by atoms with Crippen molar-refractivity contribution in [3.8, 4) is 0 Å². The van der Waals surface area contributed by atoms with Crippen LogP contribution >= 0.6 is 0 Å². The van der Waals surface area contributed by atoms with Gasteiger partial charge in [0.1, 0.15) is 17.4 Å². The Morgan fingerprint density at radius 1 is 1.21 bits per heavy atom.